The highest BCUT2D eigenvalue weighted by atomic mass is 16.2. The van der Waals surface area contributed by atoms with Crippen LogP contribution >= 0.6 is 0 Å². The summed E-state index contributed by atoms with van der Waals surface area (Å²) in [6.45, 7) is 3.86. The summed E-state index contributed by atoms with van der Waals surface area (Å²) in [6.07, 6.45) is 3.86. The summed E-state index contributed by atoms with van der Waals surface area (Å²) in [5, 5.41) is 20.1. The van der Waals surface area contributed by atoms with Gasteiger partial charge in [0.1, 0.15) is 17.9 Å². The summed E-state index contributed by atoms with van der Waals surface area (Å²) in [7, 11) is 0. The zero-order chi connectivity index (χ0) is 17.1. The van der Waals surface area contributed by atoms with Crippen molar-refractivity contribution in [2.75, 3.05) is 25.0 Å². The SMILES string of the molecule is CCC(=O)N1CCCC1C#N.N#Cc1ccc(NCCN)nc1. The Morgan fingerprint density at radius 2 is 2.30 bits per heavy atom. The Hall–Kier alpha value is -2.64. The highest BCUT2D eigenvalue weighted by Crippen LogP contribution is 2.16. The zero-order valence-corrected chi connectivity index (χ0v) is 13.3. The van der Waals surface area contributed by atoms with Crippen LogP contribution in [-0.4, -0.2) is 41.5 Å². The summed E-state index contributed by atoms with van der Waals surface area (Å²) in [5.74, 6) is 0.855. The van der Waals surface area contributed by atoms with Crippen LogP contribution < -0.4 is 11.1 Å². The third-order valence-corrected chi connectivity index (χ3v) is 3.37. The highest BCUT2D eigenvalue weighted by molar-refractivity contribution is 5.76. The van der Waals surface area contributed by atoms with Gasteiger partial charge < -0.3 is 16.0 Å². The molecule has 1 amide bonds. The van der Waals surface area contributed by atoms with Crippen LogP contribution in [0.5, 0.6) is 0 Å². The first-order chi connectivity index (χ1) is 11.2. The first-order valence-electron chi connectivity index (χ1n) is 7.65. The van der Waals surface area contributed by atoms with Crippen LogP contribution in [0.1, 0.15) is 31.7 Å². The van der Waals surface area contributed by atoms with E-state index in [1.807, 2.05) is 13.0 Å². The minimum absolute atomic E-state index is 0.106. The molecular formula is C16H22N6O. The van der Waals surface area contributed by atoms with Crippen molar-refractivity contribution in [3.05, 3.63) is 23.9 Å². The third-order valence-electron chi connectivity index (χ3n) is 3.37. The summed E-state index contributed by atoms with van der Waals surface area (Å²) < 4.78 is 0. The fourth-order valence-corrected chi connectivity index (χ4v) is 2.17. The lowest BCUT2D eigenvalue weighted by Gasteiger charge is -2.17. The second kappa shape index (κ2) is 10.1. The smallest absolute Gasteiger partial charge is 0.223 e. The molecule has 7 heteroatoms. The highest BCUT2D eigenvalue weighted by Gasteiger charge is 2.26. The number of rotatable bonds is 4. The van der Waals surface area contributed by atoms with E-state index in [1.54, 1.807) is 17.0 Å². The van der Waals surface area contributed by atoms with E-state index in [0.29, 0.717) is 25.1 Å². The fraction of sp³-hybridized carbons (Fsp3) is 0.500. The molecule has 1 aliphatic heterocycles. The van der Waals surface area contributed by atoms with Crippen LogP contribution in [0.2, 0.25) is 0 Å². The Labute approximate surface area is 136 Å². The Morgan fingerprint density at radius 3 is 2.83 bits per heavy atom. The van der Waals surface area contributed by atoms with Gasteiger partial charge in [-0.1, -0.05) is 6.92 Å². The second-order valence-electron chi connectivity index (χ2n) is 4.99. The first kappa shape index (κ1) is 18.4. The van der Waals surface area contributed by atoms with Gasteiger partial charge in [0, 0.05) is 32.3 Å². The Balaban J connectivity index is 0.000000231. The zero-order valence-electron chi connectivity index (χ0n) is 13.3. The molecule has 7 nitrogen and oxygen atoms in total. The van der Waals surface area contributed by atoms with Crippen LogP contribution in [-0.2, 0) is 4.79 Å². The average molecular weight is 314 g/mol. The monoisotopic (exact) mass is 314 g/mol. The molecule has 1 aromatic rings. The van der Waals surface area contributed by atoms with E-state index >= 15 is 0 Å². The van der Waals surface area contributed by atoms with Gasteiger partial charge in [-0.3, -0.25) is 4.79 Å². The van der Waals surface area contributed by atoms with E-state index in [-0.39, 0.29) is 11.9 Å². The predicted octanol–water partition coefficient (Wildman–Crippen LogP) is 1.23. The van der Waals surface area contributed by atoms with Crippen molar-refractivity contribution < 1.29 is 4.79 Å². The molecular weight excluding hydrogens is 292 g/mol. The topological polar surface area (TPSA) is 119 Å². The Kier molecular flexibility index (Phi) is 8.12. The number of nitrogens with zero attached hydrogens (tertiary/aromatic N) is 4. The molecule has 1 aliphatic rings. The van der Waals surface area contributed by atoms with Gasteiger partial charge in [0.15, 0.2) is 0 Å². The molecule has 1 saturated heterocycles. The molecule has 1 aromatic heterocycles. The van der Waals surface area contributed by atoms with E-state index in [9.17, 15) is 4.79 Å². The van der Waals surface area contributed by atoms with Crippen LogP contribution in [0.25, 0.3) is 0 Å². The number of aromatic nitrogens is 1. The molecule has 0 aromatic carbocycles. The predicted molar refractivity (Wildman–Crippen MR) is 87.1 cm³/mol. The number of pyridine rings is 1. The molecule has 1 unspecified atom stereocenters. The normalized spacial score (nSPS) is 15.8. The van der Waals surface area contributed by atoms with Gasteiger partial charge in [-0.2, -0.15) is 10.5 Å². The van der Waals surface area contributed by atoms with E-state index in [4.69, 9.17) is 16.3 Å². The van der Waals surface area contributed by atoms with Crippen LogP contribution in [0, 0.1) is 22.7 Å². The number of nitrogens with one attached hydrogen (secondary N) is 1. The third kappa shape index (κ3) is 5.93. The maximum Gasteiger partial charge on any atom is 0.223 e. The van der Waals surface area contributed by atoms with Crippen molar-refractivity contribution in [3.8, 4) is 12.1 Å². The van der Waals surface area contributed by atoms with Crippen molar-refractivity contribution in [2.24, 2.45) is 5.73 Å². The molecule has 0 spiro atoms. The van der Waals surface area contributed by atoms with Crippen molar-refractivity contribution >= 4 is 11.7 Å². The summed E-state index contributed by atoms with van der Waals surface area (Å²) >= 11 is 0. The lowest BCUT2D eigenvalue weighted by Crippen LogP contribution is -2.33. The Bertz CT molecular complexity index is 572. The first-order valence-corrected chi connectivity index (χ1v) is 7.65. The van der Waals surface area contributed by atoms with Gasteiger partial charge in [0.05, 0.1) is 11.6 Å². The maximum absolute atomic E-state index is 11.2. The molecule has 0 bridgehead atoms. The number of amides is 1. The quantitative estimate of drug-likeness (QED) is 0.863. The number of nitrogens with two attached hydrogens (primary N) is 1. The molecule has 0 saturated carbocycles. The van der Waals surface area contributed by atoms with Crippen molar-refractivity contribution in [3.63, 3.8) is 0 Å². The van der Waals surface area contributed by atoms with E-state index < -0.39 is 0 Å². The molecule has 23 heavy (non-hydrogen) atoms. The standard InChI is InChI=1S/C8H10N4.C8H12N2O/c9-3-4-11-8-2-1-7(5-10)6-12-8;1-2-8(11)10-5-3-4-7(10)6-9/h1-2,6H,3-4,9H2,(H,11,12);7H,2-5H2,1H3. The molecule has 3 N–H and O–H groups in total. The fourth-order valence-electron chi connectivity index (χ4n) is 2.17. The van der Waals surface area contributed by atoms with E-state index in [1.165, 1.54) is 6.20 Å². The van der Waals surface area contributed by atoms with Gasteiger partial charge in [0.25, 0.3) is 0 Å². The molecule has 1 atom stereocenters. The summed E-state index contributed by atoms with van der Waals surface area (Å²) in [5.41, 5.74) is 5.85. The number of anilines is 1. The number of hydrogen-bond acceptors (Lipinski definition) is 6. The van der Waals surface area contributed by atoms with Gasteiger partial charge in [-0.25, -0.2) is 4.98 Å². The molecule has 0 aliphatic carbocycles. The minimum atomic E-state index is -0.151. The molecule has 2 heterocycles. The van der Waals surface area contributed by atoms with E-state index in [0.717, 1.165) is 25.2 Å². The molecule has 122 valence electrons. The number of hydrogen-bond donors (Lipinski definition) is 2. The number of carbonyl (C=O) groups is 1. The van der Waals surface area contributed by atoms with Gasteiger partial charge in [-0.15, -0.1) is 0 Å². The lowest BCUT2D eigenvalue weighted by atomic mass is 10.2. The number of nitriles is 2. The molecule has 1 fully saturated rings. The van der Waals surface area contributed by atoms with Crippen molar-refractivity contribution in [1.29, 1.82) is 10.5 Å². The van der Waals surface area contributed by atoms with Crippen LogP contribution in [0.4, 0.5) is 5.82 Å². The van der Waals surface area contributed by atoms with Gasteiger partial charge >= 0.3 is 0 Å². The largest absolute Gasteiger partial charge is 0.369 e. The Morgan fingerprint density at radius 1 is 1.52 bits per heavy atom. The van der Waals surface area contributed by atoms with Crippen LogP contribution in [0.3, 0.4) is 0 Å². The van der Waals surface area contributed by atoms with Crippen LogP contribution in [0.15, 0.2) is 18.3 Å². The summed E-state index contributed by atoms with van der Waals surface area (Å²) in [4.78, 5) is 16.8. The lowest BCUT2D eigenvalue weighted by molar-refractivity contribution is -0.130. The minimum Gasteiger partial charge on any atom is -0.369 e. The number of likely N-dealkylation sites (tertiary alicyclic amines) is 1. The molecule has 2 rings (SSSR count). The van der Waals surface area contributed by atoms with Crippen molar-refractivity contribution in [1.82, 2.24) is 9.88 Å². The van der Waals surface area contributed by atoms with E-state index in [2.05, 4.69) is 16.4 Å². The van der Waals surface area contributed by atoms with Crippen molar-refractivity contribution in [2.45, 2.75) is 32.2 Å². The average Bonchev–Trinajstić information content (AvgIpc) is 3.09. The van der Waals surface area contributed by atoms with Gasteiger partial charge in [0.2, 0.25) is 5.91 Å². The maximum atomic E-state index is 11.2. The van der Waals surface area contributed by atoms with Gasteiger partial charge in [-0.05, 0) is 25.0 Å². The number of carbonyl (C=O) groups excluding carboxylic acids is 1. The second-order valence-corrected chi connectivity index (χ2v) is 4.99. The summed E-state index contributed by atoms with van der Waals surface area (Å²) in [6, 6.07) is 7.45. The molecule has 0 radical (unpaired) electrons.